The van der Waals surface area contributed by atoms with Gasteiger partial charge in [0.25, 0.3) is 0 Å². The summed E-state index contributed by atoms with van der Waals surface area (Å²) in [5.41, 5.74) is 1.31. The maximum Gasteiger partial charge on any atom is 0.228 e. The Kier molecular flexibility index (Phi) is 4.14. The molecule has 1 N–H and O–H groups in total. The van der Waals surface area contributed by atoms with Crippen LogP contribution in [0.4, 0.5) is 5.82 Å². The topological polar surface area (TPSA) is 78.3 Å². The van der Waals surface area contributed by atoms with Gasteiger partial charge in [-0.15, -0.1) is 0 Å². The number of hydrogen-bond donors (Lipinski definition) is 1. The van der Waals surface area contributed by atoms with Crippen molar-refractivity contribution in [3.63, 3.8) is 0 Å². The number of pyridine rings is 2. The van der Waals surface area contributed by atoms with E-state index in [2.05, 4.69) is 10.3 Å². The Morgan fingerprint density at radius 3 is 3.00 bits per heavy atom. The van der Waals surface area contributed by atoms with E-state index in [0.29, 0.717) is 19.0 Å². The third-order valence-corrected chi connectivity index (χ3v) is 5.60. The number of ether oxygens (including phenoxy) is 2. The first-order valence-electron chi connectivity index (χ1n) is 9.57. The molecule has 3 aromatic rings. The Labute approximate surface area is 162 Å². The van der Waals surface area contributed by atoms with Gasteiger partial charge in [0.2, 0.25) is 5.91 Å². The van der Waals surface area contributed by atoms with Crippen molar-refractivity contribution in [2.24, 2.45) is 5.92 Å². The highest BCUT2D eigenvalue weighted by Crippen LogP contribution is 2.34. The van der Waals surface area contributed by atoms with Crippen molar-refractivity contribution in [2.75, 3.05) is 25.6 Å². The fraction of sp³-hybridized carbons (Fsp3) is 0.381. The first-order chi connectivity index (χ1) is 13.7. The average molecular weight is 378 g/mol. The van der Waals surface area contributed by atoms with Gasteiger partial charge in [0, 0.05) is 49.9 Å². The van der Waals surface area contributed by atoms with Crippen LogP contribution in [-0.4, -0.2) is 40.8 Å². The summed E-state index contributed by atoms with van der Waals surface area (Å²) < 4.78 is 13.4. The number of nitrogens with zero attached hydrogens (tertiary/aromatic N) is 3. The molecule has 0 spiro atoms. The predicted octanol–water partition coefficient (Wildman–Crippen LogP) is 3.03. The largest absolute Gasteiger partial charge is 0.378 e. The van der Waals surface area contributed by atoms with Crippen molar-refractivity contribution in [3.8, 4) is 5.82 Å². The normalized spacial score (nSPS) is 21.9. The molecule has 7 heteroatoms. The van der Waals surface area contributed by atoms with Crippen LogP contribution < -0.4 is 5.32 Å². The van der Waals surface area contributed by atoms with Crippen LogP contribution in [0.3, 0.4) is 0 Å². The lowest BCUT2D eigenvalue weighted by Gasteiger charge is -2.25. The lowest BCUT2D eigenvalue weighted by Crippen LogP contribution is -2.30. The molecule has 0 aromatic carbocycles. The summed E-state index contributed by atoms with van der Waals surface area (Å²) in [5, 5.41) is 3.90. The van der Waals surface area contributed by atoms with Gasteiger partial charge < -0.3 is 19.4 Å². The second-order valence-corrected chi connectivity index (χ2v) is 7.46. The van der Waals surface area contributed by atoms with Crippen molar-refractivity contribution >= 4 is 22.6 Å². The van der Waals surface area contributed by atoms with Gasteiger partial charge >= 0.3 is 0 Å². The Hall–Kier alpha value is -2.77. The second-order valence-electron chi connectivity index (χ2n) is 7.46. The van der Waals surface area contributed by atoms with Crippen molar-refractivity contribution in [2.45, 2.75) is 24.9 Å². The number of amides is 1. The number of anilines is 1. The Bertz CT molecular complexity index is 1040. The quantitative estimate of drug-likeness (QED) is 0.738. The lowest BCUT2D eigenvalue weighted by molar-refractivity contribution is -0.117. The number of rotatable bonds is 5. The van der Waals surface area contributed by atoms with Gasteiger partial charge in [-0.2, -0.15) is 0 Å². The molecule has 1 unspecified atom stereocenters. The summed E-state index contributed by atoms with van der Waals surface area (Å²) in [4.78, 5) is 21.3. The average Bonchev–Trinajstić information content (AvgIpc) is 3.32. The number of carbonyl (C=O) groups is 1. The fourth-order valence-electron chi connectivity index (χ4n) is 3.69. The molecule has 1 saturated heterocycles. The second kappa shape index (κ2) is 6.68. The van der Waals surface area contributed by atoms with Crippen LogP contribution in [0, 0.1) is 5.92 Å². The van der Waals surface area contributed by atoms with E-state index in [1.54, 1.807) is 13.3 Å². The lowest BCUT2D eigenvalue weighted by atomic mass is 9.98. The summed E-state index contributed by atoms with van der Waals surface area (Å²) in [6.07, 6.45) is 6.46. The zero-order chi connectivity index (χ0) is 19.1. The number of nitrogens with one attached hydrogen (secondary N) is 1. The standard InChI is InChI=1S/C21H22N4O3/c1-27-21(8-10-28-13-21)17-3-2-4-19(23-17)25-9-7-15-12-22-18(11-16(15)25)24-20(26)14-5-6-14/h2-4,7,9,11-12,14H,5-6,8,10,13H2,1H3,(H,22,24,26). The number of fused-ring (bicyclic) bond motifs is 1. The maximum absolute atomic E-state index is 12.1. The number of carbonyl (C=O) groups excluding carboxylic acids is 1. The van der Waals surface area contributed by atoms with E-state index < -0.39 is 5.60 Å². The summed E-state index contributed by atoms with van der Waals surface area (Å²) in [6, 6.07) is 9.82. The summed E-state index contributed by atoms with van der Waals surface area (Å²) in [5.74, 6) is 1.55. The molecule has 3 aromatic heterocycles. The van der Waals surface area contributed by atoms with Crippen LogP contribution in [0.2, 0.25) is 0 Å². The van der Waals surface area contributed by atoms with Crippen LogP contribution in [0.25, 0.3) is 16.7 Å². The fourth-order valence-corrected chi connectivity index (χ4v) is 3.69. The van der Waals surface area contributed by atoms with Gasteiger partial charge in [-0.25, -0.2) is 9.97 Å². The van der Waals surface area contributed by atoms with E-state index >= 15 is 0 Å². The molecule has 7 nitrogen and oxygen atoms in total. The van der Waals surface area contributed by atoms with Crippen molar-refractivity contribution in [1.82, 2.24) is 14.5 Å². The summed E-state index contributed by atoms with van der Waals surface area (Å²) in [6.45, 7) is 1.18. The molecule has 5 rings (SSSR count). The smallest absolute Gasteiger partial charge is 0.228 e. The molecule has 2 fully saturated rings. The minimum atomic E-state index is -0.496. The number of methoxy groups -OCH3 is 1. The Morgan fingerprint density at radius 1 is 1.36 bits per heavy atom. The van der Waals surface area contributed by atoms with Gasteiger partial charge in [0.05, 0.1) is 17.8 Å². The van der Waals surface area contributed by atoms with E-state index in [-0.39, 0.29) is 11.8 Å². The van der Waals surface area contributed by atoms with Gasteiger partial charge in [-0.1, -0.05) is 6.07 Å². The maximum atomic E-state index is 12.1. The molecular weight excluding hydrogens is 356 g/mol. The van der Waals surface area contributed by atoms with Crippen LogP contribution in [0.1, 0.15) is 25.0 Å². The monoisotopic (exact) mass is 378 g/mol. The molecule has 1 atom stereocenters. The molecule has 4 heterocycles. The third kappa shape index (κ3) is 2.96. The molecular formula is C21H22N4O3. The molecule has 2 aliphatic rings. The first-order valence-corrected chi connectivity index (χ1v) is 9.57. The number of aromatic nitrogens is 3. The zero-order valence-corrected chi connectivity index (χ0v) is 15.7. The molecule has 1 aliphatic heterocycles. The first kappa shape index (κ1) is 17.3. The van der Waals surface area contributed by atoms with Gasteiger partial charge in [0.15, 0.2) is 0 Å². The molecule has 0 radical (unpaired) electrons. The highest BCUT2D eigenvalue weighted by Gasteiger charge is 2.38. The van der Waals surface area contributed by atoms with Crippen LogP contribution >= 0.6 is 0 Å². The van der Waals surface area contributed by atoms with Crippen LogP contribution in [-0.2, 0) is 19.9 Å². The molecule has 1 amide bonds. The minimum absolute atomic E-state index is 0.0494. The molecule has 28 heavy (non-hydrogen) atoms. The minimum Gasteiger partial charge on any atom is -0.378 e. The third-order valence-electron chi connectivity index (χ3n) is 5.60. The van der Waals surface area contributed by atoms with E-state index in [1.807, 2.05) is 41.1 Å². The van der Waals surface area contributed by atoms with Crippen molar-refractivity contribution < 1.29 is 14.3 Å². The van der Waals surface area contributed by atoms with Crippen LogP contribution in [0.15, 0.2) is 42.7 Å². The van der Waals surface area contributed by atoms with E-state index in [4.69, 9.17) is 14.5 Å². The molecule has 0 bridgehead atoms. The number of hydrogen-bond acceptors (Lipinski definition) is 5. The van der Waals surface area contributed by atoms with Crippen LogP contribution in [0.5, 0.6) is 0 Å². The summed E-state index contributed by atoms with van der Waals surface area (Å²) in [7, 11) is 1.70. The Morgan fingerprint density at radius 2 is 2.25 bits per heavy atom. The summed E-state index contributed by atoms with van der Waals surface area (Å²) >= 11 is 0. The molecule has 144 valence electrons. The highest BCUT2D eigenvalue weighted by molar-refractivity contribution is 5.95. The SMILES string of the molecule is COC1(c2cccc(-n3ccc4cnc(NC(=O)C5CC5)cc43)n2)CCOC1. The highest BCUT2D eigenvalue weighted by atomic mass is 16.5. The van der Waals surface area contributed by atoms with Gasteiger partial charge in [0.1, 0.15) is 17.2 Å². The molecule has 1 aliphatic carbocycles. The predicted molar refractivity (Wildman–Crippen MR) is 104 cm³/mol. The van der Waals surface area contributed by atoms with Gasteiger partial charge in [-0.3, -0.25) is 4.79 Å². The molecule has 1 saturated carbocycles. The van der Waals surface area contributed by atoms with E-state index in [0.717, 1.165) is 41.7 Å². The van der Waals surface area contributed by atoms with Gasteiger partial charge in [-0.05, 0) is 31.0 Å². The van der Waals surface area contributed by atoms with Crippen molar-refractivity contribution in [1.29, 1.82) is 0 Å². The zero-order valence-electron chi connectivity index (χ0n) is 15.7. The van der Waals surface area contributed by atoms with E-state index in [9.17, 15) is 4.79 Å². The van der Waals surface area contributed by atoms with Crippen molar-refractivity contribution in [3.05, 3.63) is 48.4 Å². The Balaban J connectivity index is 1.52. The van der Waals surface area contributed by atoms with E-state index in [1.165, 1.54) is 0 Å².